The fourth-order valence-electron chi connectivity index (χ4n) is 5.43. The second-order valence-corrected chi connectivity index (χ2v) is 9.06. The number of halogens is 4. The Morgan fingerprint density at radius 2 is 1.17 bits per heavy atom. The second kappa shape index (κ2) is 10.3. The van der Waals surface area contributed by atoms with Gasteiger partial charge in [0.1, 0.15) is 11.6 Å². The van der Waals surface area contributed by atoms with Gasteiger partial charge in [0.15, 0.2) is 0 Å². The van der Waals surface area contributed by atoms with Crippen molar-refractivity contribution < 1.29 is 50.3 Å². The van der Waals surface area contributed by atoms with Crippen LogP contribution in [0.2, 0.25) is 0 Å². The molecule has 2 aliphatic carbocycles. The molecule has 0 aromatic heterocycles. The van der Waals surface area contributed by atoms with Crippen LogP contribution >= 0.6 is 0 Å². The van der Waals surface area contributed by atoms with Crippen LogP contribution in [0.3, 0.4) is 0 Å². The molecule has 0 heterocycles. The van der Waals surface area contributed by atoms with Crippen LogP contribution in [-0.4, -0.2) is 0 Å². The van der Waals surface area contributed by atoms with Gasteiger partial charge in [-0.1, -0.05) is 19.8 Å². The first-order chi connectivity index (χ1) is 13.9. The van der Waals surface area contributed by atoms with Gasteiger partial charge in [0.2, 0.25) is 0 Å². The number of hydrogen-bond donors (Lipinski definition) is 0. The van der Waals surface area contributed by atoms with Crippen molar-refractivity contribution in [1.29, 1.82) is 0 Å². The molecule has 0 bridgehead atoms. The summed E-state index contributed by atoms with van der Waals surface area (Å²) in [5, 5.41) is 0. The average molecular weight is 492 g/mol. The van der Waals surface area contributed by atoms with Gasteiger partial charge in [-0.2, -0.15) is 0 Å². The molecule has 2 aromatic rings. The molecule has 0 unspecified atom stereocenters. The van der Waals surface area contributed by atoms with E-state index in [-0.39, 0.29) is 49.8 Å². The minimum Gasteiger partial charge on any atom is -0.236 e. The van der Waals surface area contributed by atoms with E-state index in [9.17, 15) is 17.6 Å². The van der Waals surface area contributed by atoms with E-state index in [1.807, 2.05) is 6.07 Å². The molecule has 0 aliphatic heterocycles. The van der Waals surface area contributed by atoms with Gasteiger partial charge < -0.3 is 0 Å². The Morgan fingerprint density at radius 3 is 1.67 bits per heavy atom. The smallest absolute Gasteiger partial charge is 0.132 e. The maximum absolute atomic E-state index is 14.7. The topological polar surface area (TPSA) is 0 Å². The molecule has 0 spiro atoms. The van der Waals surface area contributed by atoms with Crippen LogP contribution in [0.1, 0.15) is 69.8 Å². The van der Waals surface area contributed by atoms with Gasteiger partial charge in [0, 0.05) is 49.9 Å². The molecule has 5 heteroatoms. The fourth-order valence-corrected chi connectivity index (χ4v) is 5.43. The van der Waals surface area contributed by atoms with Gasteiger partial charge in [-0.3, -0.25) is 0 Å². The minimum absolute atomic E-state index is 0. The van der Waals surface area contributed by atoms with Crippen LogP contribution in [0, 0.1) is 47.1 Å². The van der Waals surface area contributed by atoms with Crippen molar-refractivity contribution in [2.45, 2.75) is 64.2 Å². The molecule has 4 rings (SSSR count). The predicted octanol–water partition coefficient (Wildman–Crippen LogP) is 7.81. The third-order valence-corrected chi connectivity index (χ3v) is 7.13. The normalized spacial score (nSPS) is 26.8. The van der Waals surface area contributed by atoms with E-state index in [0.717, 1.165) is 55.6 Å². The zero-order valence-corrected chi connectivity index (χ0v) is 20.2. The molecule has 0 nitrogen and oxygen atoms in total. The molecular weight excluding hydrogens is 465 g/mol. The van der Waals surface area contributed by atoms with E-state index in [1.165, 1.54) is 37.8 Å². The Morgan fingerprint density at radius 1 is 0.700 bits per heavy atom. The van der Waals surface area contributed by atoms with E-state index in [2.05, 4.69) is 6.92 Å². The van der Waals surface area contributed by atoms with Crippen LogP contribution in [-0.2, 0) is 32.7 Å². The maximum Gasteiger partial charge on any atom is 0.132 e. The molecule has 1 radical (unpaired) electrons. The predicted molar refractivity (Wildman–Crippen MR) is 106 cm³/mol. The molecule has 159 valence electrons. The zero-order valence-electron chi connectivity index (χ0n) is 17.4. The third kappa shape index (κ3) is 5.35. The monoisotopic (exact) mass is 492 g/mol. The summed E-state index contributed by atoms with van der Waals surface area (Å²) in [6, 6.07) is 6.33. The quantitative estimate of drug-likeness (QED) is 0.303. The van der Waals surface area contributed by atoms with Gasteiger partial charge >= 0.3 is 0 Å². The van der Waals surface area contributed by atoms with Gasteiger partial charge in [0.05, 0.1) is 0 Å². The maximum atomic E-state index is 14.7. The Hall–Kier alpha value is -0.736. The first-order valence-electron chi connectivity index (χ1n) is 10.8. The second-order valence-electron chi connectivity index (χ2n) is 9.06. The first kappa shape index (κ1) is 23.9. The third-order valence-electron chi connectivity index (χ3n) is 7.13. The fraction of sp³-hybridized carbons (Fsp3) is 0.520. The Bertz CT molecular complexity index is 822. The number of benzene rings is 2. The van der Waals surface area contributed by atoms with E-state index >= 15 is 0 Å². The summed E-state index contributed by atoms with van der Waals surface area (Å²) in [6.07, 6.45) is 9.38. The van der Waals surface area contributed by atoms with Crippen LogP contribution in [0.15, 0.2) is 24.3 Å². The van der Waals surface area contributed by atoms with Crippen molar-refractivity contribution in [3.63, 3.8) is 0 Å². The molecule has 2 aromatic carbocycles. The molecule has 0 atom stereocenters. The molecular formula is C25H27F4Y-. The number of rotatable bonds is 3. The molecule has 2 aliphatic rings. The molecule has 2 fully saturated rings. The molecule has 0 saturated heterocycles. The summed E-state index contributed by atoms with van der Waals surface area (Å²) in [7, 11) is 0. The Kier molecular flexibility index (Phi) is 8.18. The van der Waals surface area contributed by atoms with Crippen LogP contribution in [0.5, 0.6) is 0 Å². The summed E-state index contributed by atoms with van der Waals surface area (Å²) in [5.74, 6) is -0.957. The van der Waals surface area contributed by atoms with Crippen molar-refractivity contribution in [1.82, 2.24) is 0 Å². The zero-order chi connectivity index (χ0) is 20.5. The van der Waals surface area contributed by atoms with E-state index in [4.69, 9.17) is 0 Å². The van der Waals surface area contributed by atoms with Gasteiger partial charge in [0.25, 0.3) is 0 Å². The van der Waals surface area contributed by atoms with Crippen LogP contribution < -0.4 is 0 Å². The van der Waals surface area contributed by atoms with Crippen LogP contribution in [0.25, 0.3) is 11.1 Å². The Labute approximate surface area is 201 Å². The summed E-state index contributed by atoms with van der Waals surface area (Å²) in [6.45, 7) is 2.33. The van der Waals surface area contributed by atoms with Gasteiger partial charge in [-0.05, 0) is 79.9 Å². The summed E-state index contributed by atoms with van der Waals surface area (Å²) in [4.78, 5) is 0. The standard InChI is InChI=1S/C25H27F4.Y/c1-15-2-4-16(5-3-15)17-6-8-18(9-7-17)19-12-23(28)25(24(29)13-19)20-10-21(26)14-22(27)11-20;/h10-13,15-18H,2-9H2,1H3;/q-1;. The van der Waals surface area contributed by atoms with Crippen molar-refractivity contribution in [3.8, 4) is 11.1 Å². The molecule has 0 amide bonds. The van der Waals surface area contributed by atoms with Gasteiger partial charge in [-0.15, -0.1) is 23.8 Å². The van der Waals surface area contributed by atoms with Crippen molar-refractivity contribution in [2.75, 3.05) is 0 Å². The summed E-state index contributed by atoms with van der Waals surface area (Å²) >= 11 is 0. The largest absolute Gasteiger partial charge is 0.236 e. The molecule has 2 saturated carbocycles. The average Bonchev–Trinajstić information content (AvgIpc) is 2.67. The Balaban J connectivity index is 0.00000256. The summed E-state index contributed by atoms with van der Waals surface area (Å²) < 4.78 is 56.3. The van der Waals surface area contributed by atoms with E-state index < -0.39 is 23.3 Å². The number of hydrogen-bond acceptors (Lipinski definition) is 0. The van der Waals surface area contributed by atoms with E-state index in [0.29, 0.717) is 5.56 Å². The SMILES string of the molecule is CC1CCC(C2CCC(c3cc(F)c(-c4cc(F)[c-]c(F)c4)c(F)c3)CC2)CC1.[Y]. The first-order valence-corrected chi connectivity index (χ1v) is 10.8. The van der Waals surface area contributed by atoms with Crippen molar-refractivity contribution in [3.05, 3.63) is 59.2 Å². The van der Waals surface area contributed by atoms with Crippen molar-refractivity contribution in [2.24, 2.45) is 17.8 Å². The van der Waals surface area contributed by atoms with Crippen molar-refractivity contribution >= 4 is 0 Å². The minimum atomic E-state index is -0.974. The van der Waals surface area contributed by atoms with E-state index in [1.54, 1.807) is 0 Å². The molecule has 30 heavy (non-hydrogen) atoms. The van der Waals surface area contributed by atoms with Crippen LogP contribution in [0.4, 0.5) is 17.6 Å². The van der Waals surface area contributed by atoms with Gasteiger partial charge in [-0.25, -0.2) is 17.6 Å². The molecule has 0 N–H and O–H groups in total. The summed E-state index contributed by atoms with van der Waals surface area (Å²) in [5.41, 5.74) is 0.129.